The summed E-state index contributed by atoms with van der Waals surface area (Å²) in [6.07, 6.45) is -1.73. The van der Waals surface area contributed by atoms with E-state index in [0.717, 1.165) is 12.0 Å². The molecule has 0 radical (unpaired) electrons. The lowest BCUT2D eigenvalue weighted by atomic mass is 9.44. The van der Waals surface area contributed by atoms with Crippen molar-refractivity contribution in [2.45, 2.75) is 90.3 Å². The summed E-state index contributed by atoms with van der Waals surface area (Å²) in [6, 6.07) is 8.57. The maximum atomic E-state index is 14.3. The van der Waals surface area contributed by atoms with Crippen molar-refractivity contribution in [2.75, 3.05) is 12.8 Å². The fourth-order valence-corrected chi connectivity index (χ4v) is 8.49. The first-order valence-electron chi connectivity index (χ1n) is 14.5. The summed E-state index contributed by atoms with van der Waals surface area (Å²) in [6.45, 7) is 10.9. The minimum absolute atomic E-state index is 0.0188. The molecule has 0 amide bonds. The van der Waals surface area contributed by atoms with Gasteiger partial charge >= 0.3 is 11.9 Å². The van der Waals surface area contributed by atoms with Gasteiger partial charge in [0.2, 0.25) is 0 Å². The first-order chi connectivity index (χ1) is 19.2. The monoisotopic (exact) mass is 574 g/mol. The van der Waals surface area contributed by atoms with E-state index in [1.54, 1.807) is 30.3 Å². The minimum Gasteiger partial charge on any atom is -0.455 e. The molecule has 0 aromatic heterocycles. The summed E-state index contributed by atoms with van der Waals surface area (Å²) < 4.78 is 32.1. The van der Waals surface area contributed by atoms with Gasteiger partial charge in [-0.3, -0.25) is 9.59 Å². The van der Waals surface area contributed by atoms with Gasteiger partial charge in [0.1, 0.15) is 17.8 Å². The van der Waals surface area contributed by atoms with E-state index in [4.69, 9.17) is 19.8 Å². The third-order valence-corrected chi connectivity index (χ3v) is 10.8. The highest BCUT2D eigenvalue weighted by Crippen LogP contribution is 2.65. The molecular weight excluding hydrogens is 532 g/mol. The molecule has 218 valence electrons. The number of aliphatic hydroxyl groups is 1. The van der Waals surface area contributed by atoms with Crippen LogP contribution in [0, 0.1) is 22.7 Å². The zero-order valence-electron chi connectivity index (χ0n) is 25.0. The fourth-order valence-electron chi connectivity index (χ4n) is 8.11. The van der Waals surface area contributed by atoms with Crippen LogP contribution in [-0.4, -0.2) is 65.2 Å². The number of hydrogen-bond donors (Lipinski definition) is 1. The van der Waals surface area contributed by atoms with E-state index in [2.05, 4.69) is 0 Å². The number of ketones is 1. The number of carbonyl (C=O) groups is 3. The molecule has 3 fully saturated rings. The van der Waals surface area contributed by atoms with Gasteiger partial charge in [-0.15, -0.1) is 0 Å². The van der Waals surface area contributed by atoms with Crippen molar-refractivity contribution in [3.05, 3.63) is 47.0 Å². The third kappa shape index (κ3) is 4.10. The Morgan fingerprint density at radius 3 is 2.50 bits per heavy atom. The highest BCUT2D eigenvalue weighted by atomic mass is 32.2. The van der Waals surface area contributed by atoms with Crippen LogP contribution in [0.3, 0.4) is 0 Å². The summed E-state index contributed by atoms with van der Waals surface area (Å²) >= 11 is 0.936. The van der Waals surface area contributed by atoms with Crippen LogP contribution < -0.4 is 0 Å². The number of hydrogen-bond acceptors (Lipinski definition) is 9. The molecule has 3 aliphatic carbocycles. The molecule has 1 N–H and O–H groups in total. The molecule has 1 saturated heterocycles. The van der Waals surface area contributed by atoms with Gasteiger partial charge in [0.05, 0.1) is 18.3 Å². The standard InChI is InChI=1S/C31H40O8S/c1-17-13-23-30(16-36-23,38-19(3)32)25-26(37-27(34)20-11-9-8-10-12-20)31(35)15-22(39-40-7)18(2)24(28(31,4)5)21(33)14-29(17,25)6/h8-12,17,22-23,25-26,35H,13-16H2,1-7H3/t17-,22-,23+,25?,26-,29+,30-,31+/m0/s1/i7T. The van der Waals surface area contributed by atoms with Gasteiger partial charge < -0.3 is 23.5 Å². The fraction of sp³-hybridized carbons (Fsp3) is 0.645. The average molecular weight is 575 g/mol. The Hall–Kier alpha value is -2.20. The Labute approximate surface area is 241 Å². The normalized spacial score (nSPS) is 40.4. The molecule has 8 nitrogen and oxygen atoms in total. The van der Waals surface area contributed by atoms with E-state index in [1.165, 1.54) is 6.92 Å². The summed E-state index contributed by atoms with van der Waals surface area (Å²) in [5.74, 6) is -2.07. The van der Waals surface area contributed by atoms with Crippen molar-refractivity contribution < 1.29 is 39.3 Å². The SMILES string of the molecule is [3H]CSO[C@H]1C[C@@]2(O)[C@@H](OC(=O)c3ccccc3)C3[C@](C)(CC(=O)C(=C1C)C2(C)C)[C@@H](C)C[C@H]1OC[C@@]31OC(C)=O. The zero-order valence-corrected chi connectivity index (χ0v) is 24.8. The summed E-state index contributed by atoms with van der Waals surface area (Å²) in [7, 11) is 0. The zero-order chi connectivity index (χ0) is 30.0. The predicted octanol–water partition coefficient (Wildman–Crippen LogP) is 4.69. The van der Waals surface area contributed by atoms with Gasteiger partial charge in [-0.25, -0.2) is 4.79 Å². The molecule has 0 spiro atoms. The molecule has 1 aromatic carbocycles. The maximum Gasteiger partial charge on any atom is 0.338 e. The molecule has 1 aliphatic heterocycles. The van der Waals surface area contributed by atoms with E-state index in [-0.39, 0.29) is 37.4 Å². The third-order valence-electron chi connectivity index (χ3n) is 10.4. The lowest BCUT2D eigenvalue weighted by Crippen LogP contribution is -2.79. The smallest absolute Gasteiger partial charge is 0.338 e. The second-order valence-electron chi connectivity index (χ2n) is 12.8. The van der Waals surface area contributed by atoms with Crippen molar-refractivity contribution in [1.29, 1.82) is 0 Å². The number of benzene rings is 1. The molecule has 1 aromatic rings. The van der Waals surface area contributed by atoms with Gasteiger partial charge in [-0.05, 0) is 54.4 Å². The quantitative estimate of drug-likeness (QED) is 0.396. The largest absolute Gasteiger partial charge is 0.455 e. The average Bonchev–Trinajstić information content (AvgIpc) is 2.90. The van der Waals surface area contributed by atoms with Crippen molar-refractivity contribution in [1.82, 2.24) is 0 Å². The van der Waals surface area contributed by atoms with Crippen LogP contribution in [0.1, 0.15) is 72.5 Å². The first-order valence-corrected chi connectivity index (χ1v) is 14.8. The molecule has 9 heteroatoms. The second-order valence-corrected chi connectivity index (χ2v) is 13.2. The number of carbonyl (C=O) groups excluding carboxylic acids is 3. The van der Waals surface area contributed by atoms with E-state index in [1.807, 2.05) is 34.6 Å². The van der Waals surface area contributed by atoms with Crippen molar-refractivity contribution in [3.63, 3.8) is 0 Å². The van der Waals surface area contributed by atoms with Crippen LogP contribution in [-0.2, 0) is 28.0 Å². The van der Waals surface area contributed by atoms with E-state index in [9.17, 15) is 19.5 Å². The molecular formula is C31H40O8S. The number of esters is 2. The van der Waals surface area contributed by atoms with Crippen LogP contribution >= 0.6 is 12.0 Å². The number of rotatable bonds is 5. The molecule has 5 rings (SSSR count). The highest BCUT2D eigenvalue weighted by molar-refractivity contribution is 7.93. The van der Waals surface area contributed by atoms with Crippen LogP contribution in [0.15, 0.2) is 41.5 Å². The number of fused-ring (bicyclic) bond motifs is 5. The first kappa shape index (κ1) is 27.9. The van der Waals surface area contributed by atoms with E-state index in [0.29, 0.717) is 23.1 Å². The van der Waals surface area contributed by atoms with Gasteiger partial charge in [-0.2, -0.15) is 0 Å². The molecule has 1 unspecified atom stereocenters. The molecule has 1 heterocycles. The van der Waals surface area contributed by atoms with Gasteiger partial charge in [0.15, 0.2) is 11.4 Å². The van der Waals surface area contributed by atoms with Gasteiger partial charge in [0, 0.05) is 44.3 Å². The summed E-state index contributed by atoms with van der Waals surface area (Å²) in [5.41, 5.74) is -3.46. The van der Waals surface area contributed by atoms with Crippen LogP contribution in [0.2, 0.25) is 0 Å². The maximum absolute atomic E-state index is 14.3. The summed E-state index contributed by atoms with van der Waals surface area (Å²) in [4.78, 5) is 40.7. The Morgan fingerprint density at radius 2 is 1.90 bits per heavy atom. The van der Waals surface area contributed by atoms with Crippen molar-refractivity contribution in [2.24, 2.45) is 22.7 Å². The Bertz CT molecular complexity index is 1270. The highest BCUT2D eigenvalue weighted by Gasteiger charge is 2.75. The minimum atomic E-state index is -1.80. The number of Topliss-reactive ketones (excluding diaryl/α,β-unsaturated/α-hetero) is 1. The van der Waals surface area contributed by atoms with Crippen molar-refractivity contribution in [3.8, 4) is 0 Å². The topological polar surface area (TPSA) is 108 Å². The summed E-state index contributed by atoms with van der Waals surface area (Å²) in [5, 5.41) is 13.0. The number of ether oxygens (including phenoxy) is 3. The molecule has 2 bridgehead atoms. The lowest BCUT2D eigenvalue weighted by molar-refractivity contribution is -0.343. The van der Waals surface area contributed by atoms with Crippen LogP contribution in [0.25, 0.3) is 0 Å². The molecule has 4 aliphatic rings. The molecule has 2 saturated carbocycles. The van der Waals surface area contributed by atoms with Gasteiger partial charge in [0.25, 0.3) is 0 Å². The van der Waals surface area contributed by atoms with E-state index < -0.39 is 58.2 Å². The van der Waals surface area contributed by atoms with Crippen LogP contribution in [0.4, 0.5) is 0 Å². The van der Waals surface area contributed by atoms with Crippen LogP contribution in [0.5, 0.6) is 0 Å². The Kier molecular flexibility index (Phi) is 6.96. The second kappa shape index (κ2) is 9.96. The molecule has 40 heavy (non-hydrogen) atoms. The predicted molar refractivity (Wildman–Crippen MR) is 149 cm³/mol. The Morgan fingerprint density at radius 1 is 1.20 bits per heavy atom. The lowest BCUT2D eigenvalue weighted by Gasteiger charge is -2.68. The van der Waals surface area contributed by atoms with E-state index >= 15 is 0 Å². The Balaban J connectivity index is 1.77. The van der Waals surface area contributed by atoms with Gasteiger partial charge in [-0.1, -0.05) is 45.9 Å². The van der Waals surface area contributed by atoms with Crippen molar-refractivity contribution >= 4 is 29.8 Å². The molecule has 8 atom stereocenters.